The summed E-state index contributed by atoms with van der Waals surface area (Å²) in [7, 11) is 0. The van der Waals surface area contributed by atoms with E-state index < -0.39 is 5.97 Å². The van der Waals surface area contributed by atoms with E-state index in [0.29, 0.717) is 6.04 Å². The zero-order valence-corrected chi connectivity index (χ0v) is 9.80. The van der Waals surface area contributed by atoms with Crippen molar-refractivity contribution in [2.75, 3.05) is 13.1 Å². The zero-order chi connectivity index (χ0) is 12.3. The number of carboxylic acid groups (broad SMARTS) is 1. The van der Waals surface area contributed by atoms with Crippen LogP contribution >= 0.6 is 0 Å². The summed E-state index contributed by atoms with van der Waals surface area (Å²) in [6.45, 7) is 2.91. The van der Waals surface area contributed by atoms with E-state index in [-0.39, 0.29) is 6.42 Å². The van der Waals surface area contributed by atoms with Crippen LogP contribution in [0.1, 0.15) is 17.5 Å². The van der Waals surface area contributed by atoms with E-state index in [2.05, 4.69) is 4.90 Å². The maximum Gasteiger partial charge on any atom is 0.307 e. The number of carbonyl (C=O) groups is 1. The molecule has 1 heterocycles. The van der Waals surface area contributed by atoms with Crippen LogP contribution in [0.3, 0.4) is 0 Å². The lowest BCUT2D eigenvalue weighted by molar-refractivity contribution is -0.136. The van der Waals surface area contributed by atoms with Gasteiger partial charge in [-0.1, -0.05) is 24.3 Å². The van der Waals surface area contributed by atoms with Gasteiger partial charge in [-0.05, 0) is 17.5 Å². The number of rotatable bonds is 4. The van der Waals surface area contributed by atoms with Gasteiger partial charge < -0.3 is 10.8 Å². The number of carboxylic acids is 1. The molecular formula is C13H18N2O2. The van der Waals surface area contributed by atoms with Crippen LogP contribution in [0.15, 0.2) is 24.3 Å². The first kappa shape index (κ1) is 12.1. The Balaban J connectivity index is 1.91. The summed E-state index contributed by atoms with van der Waals surface area (Å²) in [6, 6.07) is 8.09. The van der Waals surface area contributed by atoms with Crippen LogP contribution in [0.5, 0.6) is 0 Å². The number of benzene rings is 1. The Hall–Kier alpha value is -1.39. The van der Waals surface area contributed by atoms with Gasteiger partial charge in [-0.25, -0.2) is 0 Å². The highest BCUT2D eigenvalue weighted by Gasteiger charge is 2.18. The lowest BCUT2D eigenvalue weighted by atomic mass is 10.1. The van der Waals surface area contributed by atoms with Crippen molar-refractivity contribution in [3.8, 4) is 0 Å². The van der Waals surface area contributed by atoms with Crippen molar-refractivity contribution >= 4 is 5.97 Å². The number of nitrogens with zero attached hydrogens (tertiary/aromatic N) is 1. The zero-order valence-electron chi connectivity index (χ0n) is 9.80. The Morgan fingerprint density at radius 1 is 1.35 bits per heavy atom. The van der Waals surface area contributed by atoms with Gasteiger partial charge in [0, 0.05) is 25.7 Å². The molecule has 1 atom stereocenters. The molecule has 1 saturated heterocycles. The van der Waals surface area contributed by atoms with Gasteiger partial charge in [0.2, 0.25) is 0 Å². The third-order valence-electron chi connectivity index (χ3n) is 3.09. The molecule has 1 fully saturated rings. The fourth-order valence-electron chi connectivity index (χ4n) is 2.20. The molecule has 1 aromatic rings. The molecule has 2 rings (SSSR count). The summed E-state index contributed by atoms with van der Waals surface area (Å²) < 4.78 is 0. The Morgan fingerprint density at radius 3 is 2.53 bits per heavy atom. The highest BCUT2D eigenvalue weighted by atomic mass is 16.4. The lowest BCUT2D eigenvalue weighted by Gasteiger charge is -2.15. The topological polar surface area (TPSA) is 66.6 Å². The van der Waals surface area contributed by atoms with Crippen molar-refractivity contribution in [2.24, 2.45) is 5.73 Å². The minimum atomic E-state index is -0.789. The molecule has 1 aromatic carbocycles. The van der Waals surface area contributed by atoms with Crippen molar-refractivity contribution in [2.45, 2.75) is 25.4 Å². The van der Waals surface area contributed by atoms with E-state index in [1.807, 2.05) is 24.3 Å². The van der Waals surface area contributed by atoms with Gasteiger partial charge in [0.1, 0.15) is 0 Å². The summed E-state index contributed by atoms with van der Waals surface area (Å²) in [6.07, 6.45) is 1.16. The molecule has 0 saturated carbocycles. The fourth-order valence-corrected chi connectivity index (χ4v) is 2.20. The van der Waals surface area contributed by atoms with Crippen LogP contribution in [0.25, 0.3) is 0 Å². The summed E-state index contributed by atoms with van der Waals surface area (Å²) in [4.78, 5) is 12.9. The van der Waals surface area contributed by atoms with E-state index in [1.165, 1.54) is 5.56 Å². The molecule has 1 aliphatic rings. The molecule has 4 nitrogen and oxygen atoms in total. The van der Waals surface area contributed by atoms with E-state index >= 15 is 0 Å². The summed E-state index contributed by atoms with van der Waals surface area (Å²) in [5, 5.41) is 8.67. The third kappa shape index (κ3) is 3.54. The number of aliphatic carboxylic acids is 1. The Morgan fingerprint density at radius 2 is 2.00 bits per heavy atom. The van der Waals surface area contributed by atoms with Gasteiger partial charge in [-0.3, -0.25) is 9.69 Å². The monoisotopic (exact) mass is 234 g/mol. The number of hydrogen-bond acceptors (Lipinski definition) is 3. The van der Waals surface area contributed by atoms with Gasteiger partial charge in [0.05, 0.1) is 6.42 Å². The molecule has 0 spiro atoms. The first-order valence-electron chi connectivity index (χ1n) is 5.91. The van der Waals surface area contributed by atoms with Crippen LogP contribution in [-0.2, 0) is 17.8 Å². The predicted molar refractivity (Wildman–Crippen MR) is 65.7 cm³/mol. The molecule has 1 unspecified atom stereocenters. The highest BCUT2D eigenvalue weighted by Crippen LogP contribution is 2.13. The molecule has 17 heavy (non-hydrogen) atoms. The Kier molecular flexibility index (Phi) is 3.76. The highest BCUT2D eigenvalue weighted by molar-refractivity contribution is 5.70. The maximum absolute atomic E-state index is 10.5. The normalized spacial score (nSPS) is 20.6. The summed E-state index contributed by atoms with van der Waals surface area (Å²) >= 11 is 0. The van der Waals surface area contributed by atoms with Gasteiger partial charge in [-0.15, -0.1) is 0 Å². The first-order valence-corrected chi connectivity index (χ1v) is 5.91. The van der Waals surface area contributed by atoms with E-state index in [4.69, 9.17) is 10.8 Å². The van der Waals surface area contributed by atoms with E-state index in [1.54, 1.807) is 0 Å². The second-order valence-corrected chi connectivity index (χ2v) is 4.67. The average molecular weight is 234 g/mol. The number of hydrogen-bond donors (Lipinski definition) is 2. The van der Waals surface area contributed by atoms with E-state index in [0.717, 1.165) is 31.6 Å². The Bertz CT molecular complexity index is 389. The molecule has 3 N–H and O–H groups in total. The molecule has 4 heteroatoms. The predicted octanol–water partition coefficient (Wildman–Crippen LogP) is 0.847. The minimum absolute atomic E-state index is 0.0921. The van der Waals surface area contributed by atoms with Crippen molar-refractivity contribution < 1.29 is 9.90 Å². The van der Waals surface area contributed by atoms with Gasteiger partial charge in [0.15, 0.2) is 0 Å². The molecule has 0 amide bonds. The lowest BCUT2D eigenvalue weighted by Crippen LogP contribution is -2.26. The maximum atomic E-state index is 10.5. The molecule has 92 valence electrons. The summed E-state index contributed by atoms with van der Waals surface area (Å²) in [5.41, 5.74) is 7.91. The van der Waals surface area contributed by atoms with Crippen molar-refractivity contribution in [1.82, 2.24) is 4.90 Å². The second-order valence-electron chi connectivity index (χ2n) is 4.67. The van der Waals surface area contributed by atoms with Gasteiger partial charge in [-0.2, -0.15) is 0 Å². The number of likely N-dealkylation sites (tertiary alicyclic amines) is 1. The molecule has 0 aromatic heterocycles. The quantitative estimate of drug-likeness (QED) is 0.810. The van der Waals surface area contributed by atoms with Crippen LogP contribution in [-0.4, -0.2) is 35.1 Å². The van der Waals surface area contributed by atoms with Crippen LogP contribution < -0.4 is 5.73 Å². The van der Waals surface area contributed by atoms with Crippen molar-refractivity contribution in [3.63, 3.8) is 0 Å². The van der Waals surface area contributed by atoms with Crippen LogP contribution in [0.2, 0.25) is 0 Å². The average Bonchev–Trinajstić information content (AvgIpc) is 2.66. The van der Waals surface area contributed by atoms with Crippen LogP contribution in [0.4, 0.5) is 0 Å². The molecule has 0 bridgehead atoms. The third-order valence-corrected chi connectivity index (χ3v) is 3.09. The minimum Gasteiger partial charge on any atom is -0.481 e. The smallest absolute Gasteiger partial charge is 0.307 e. The molecule has 0 aliphatic carbocycles. The standard InChI is InChI=1S/C13H18N2O2/c14-12-5-6-15(9-12)8-11-3-1-10(2-4-11)7-13(16)17/h1-4,12H,5-9,14H2,(H,16,17). The SMILES string of the molecule is NC1CCN(Cc2ccc(CC(=O)O)cc2)C1. The van der Waals surface area contributed by atoms with E-state index in [9.17, 15) is 4.79 Å². The number of nitrogens with two attached hydrogens (primary N) is 1. The fraction of sp³-hybridized carbons (Fsp3) is 0.462. The first-order chi connectivity index (χ1) is 8.13. The van der Waals surface area contributed by atoms with Gasteiger partial charge >= 0.3 is 5.97 Å². The second kappa shape index (κ2) is 5.29. The Labute approximate surface area is 101 Å². The molecular weight excluding hydrogens is 216 g/mol. The largest absolute Gasteiger partial charge is 0.481 e. The van der Waals surface area contributed by atoms with Crippen molar-refractivity contribution in [1.29, 1.82) is 0 Å². The molecule has 0 radical (unpaired) electrons. The van der Waals surface area contributed by atoms with Crippen molar-refractivity contribution in [3.05, 3.63) is 35.4 Å². The summed E-state index contributed by atoms with van der Waals surface area (Å²) in [5.74, 6) is -0.789. The van der Waals surface area contributed by atoms with Crippen LogP contribution in [0, 0.1) is 0 Å². The molecule has 1 aliphatic heterocycles. The van der Waals surface area contributed by atoms with Gasteiger partial charge in [0.25, 0.3) is 0 Å².